The number of carbonyl (C=O) groups excluding carboxylic acids is 2. The second-order valence-corrected chi connectivity index (χ2v) is 8.17. The minimum Gasteiger partial charge on any atom is -0.489 e. The lowest BCUT2D eigenvalue weighted by molar-refractivity contribution is -0.384. The molecule has 1 fully saturated rings. The van der Waals surface area contributed by atoms with Crippen LogP contribution in [0.15, 0.2) is 77.7 Å². The third-order valence-corrected chi connectivity index (χ3v) is 5.74. The van der Waals surface area contributed by atoms with E-state index in [0.29, 0.717) is 16.9 Å². The number of ether oxygens (including phenoxy) is 1. The third kappa shape index (κ3) is 5.45. The Morgan fingerprint density at radius 3 is 2.39 bits per heavy atom. The number of non-ortho nitro benzene ring substituents is 1. The van der Waals surface area contributed by atoms with Crippen molar-refractivity contribution < 1.29 is 23.6 Å². The van der Waals surface area contributed by atoms with Crippen LogP contribution in [0.1, 0.15) is 16.7 Å². The summed E-state index contributed by atoms with van der Waals surface area (Å²) in [5.74, 6) is -0.248. The second-order valence-electron chi connectivity index (χ2n) is 7.18. The molecule has 3 aromatic carbocycles. The average molecular weight is 464 g/mol. The van der Waals surface area contributed by atoms with Crippen molar-refractivity contribution in [1.82, 2.24) is 4.90 Å². The number of thioether (sulfide) groups is 1. The first-order chi connectivity index (χ1) is 15.9. The summed E-state index contributed by atoms with van der Waals surface area (Å²) in [6.45, 7) is 0.288. The molecule has 0 saturated carbocycles. The summed E-state index contributed by atoms with van der Waals surface area (Å²) in [5, 5.41) is 10.4. The van der Waals surface area contributed by atoms with Gasteiger partial charge in [0.05, 0.1) is 16.4 Å². The van der Waals surface area contributed by atoms with Gasteiger partial charge in [-0.3, -0.25) is 24.6 Å². The van der Waals surface area contributed by atoms with E-state index in [-0.39, 0.29) is 34.8 Å². The first-order valence-corrected chi connectivity index (χ1v) is 10.7. The molecule has 0 bridgehead atoms. The van der Waals surface area contributed by atoms with Crippen LogP contribution >= 0.6 is 11.8 Å². The van der Waals surface area contributed by atoms with Gasteiger partial charge in [-0.2, -0.15) is 0 Å². The highest BCUT2D eigenvalue weighted by Crippen LogP contribution is 2.33. The van der Waals surface area contributed by atoms with Gasteiger partial charge < -0.3 is 4.74 Å². The zero-order chi connectivity index (χ0) is 23.4. The number of rotatable bonds is 7. The Hall–Kier alpha value is -3.98. The van der Waals surface area contributed by atoms with Crippen LogP contribution in [0, 0.1) is 15.9 Å². The molecule has 0 radical (unpaired) electrons. The number of nitro groups is 1. The molecule has 1 aliphatic heterocycles. The van der Waals surface area contributed by atoms with Crippen LogP contribution in [0.5, 0.6) is 5.75 Å². The van der Waals surface area contributed by atoms with Gasteiger partial charge >= 0.3 is 0 Å². The normalized spacial score (nSPS) is 14.7. The van der Waals surface area contributed by atoms with Crippen LogP contribution in [0.25, 0.3) is 6.08 Å². The van der Waals surface area contributed by atoms with Gasteiger partial charge in [0.15, 0.2) is 0 Å². The first kappa shape index (κ1) is 22.2. The lowest BCUT2D eigenvalue weighted by Crippen LogP contribution is -2.27. The average Bonchev–Trinajstić information content (AvgIpc) is 3.07. The van der Waals surface area contributed by atoms with Gasteiger partial charge in [0.25, 0.3) is 16.8 Å². The van der Waals surface area contributed by atoms with E-state index in [0.717, 1.165) is 22.2 Å². The van der Waals surface area contributed by atoms with E-state index in [1.807, 2.05) is 0 Å². The highest BCUT2D eigenvalue weighted by Gasteiger charge is 2.34. The number of imide groups is 1. The number of nitrogens with zero attached hydrogens (tertiary/aromatic N) is 2. The van der Waals surface area contributed by atoms with Gasteiger partial charge in [-0.05, 0) is 70.9 Å². The largest absolute Gasteiger partial charge is 0.489 e. The van der Waals surface area contributed by atoms with Crippen LogP contribution in [0.3, 0.4) is 0 Å². The molecule has 166 valence electrons. The molecule has 7 nitrogen and oxygen atoms in total. The molecule has 1 saturated heterocycles. The quantitative estimate of drug-likeness (QED) is 0.259. The summed E-state index contributed by atoms with van der Waals surface area (Å²) in [6, 6.07) is 18.8. The lowest BCUT2D eigenvalue weighted by Gasteiger charge is -2.12. The molecular weight excluding hydrogens is 447 g/mol. The number of hydrogen-bond acceptors (Lipinski definition) is 6. The van der Waals surface area contributed by atoms with Crippen LogP contribution in [-0.2, 0) is 17.9 Å². The Bertz CT molecular complexity index is 1240. The van der Waals surface area contributed by atoms with E-state index >= 15 is 0 Å². The monoisotopic (exact) mass is 464 g/mol. The summed E-state index contributed by atoms with van der Waals surface area (Å²) < 4.78 is 18.8. The summed E-state index contributed by atoms with van der Waals surface area (Å²) in [4.78, 5) is 36.8. The van der Waals surface area contributed by atoms with E-state index < -0.39 is 10.8 Å². The number of halogens is 1. The predicted molar refractivity (Wildman–Crippen MR) is 122 cm³/mol. The molecule has 0 aromatic heterocycles. The molecule has 2 amide bonds. The first-order valence-electron chi connectivity index (χ1n) is 9.85. The molecule has 1 aliphatic rings. The molecule has 9 heteroatoms. The van der Waals surface area contributed by atoms with E-state index in [4.69, 9.17) is 4.74 Å². The fourth-order valence-electron chi connectivity index (χ4n) is 3.13. The summed E-state index contributed by atoms with van der Waals surface area (Å²) in [6.07, 6.45) is 1.62. The highest BCUT2D eigenvalue weighted by atomic mass is 32.2. The molecule has 0 N–H and O–H groups in total. The maximum atomic E-state index is 13.1. The molecule has 0 atom stereocenters. The van der Waals surface area contributed by atoms with Crippen LogP contribution in [0.2, 0.25) is 0 Å². The maximum Gasteiger partial charge on any atom is 0.293 e. The Labute approximate surface area is 192 Å². The lowest BCUT2D eigenvalue weighted by atomic mass is 10.2. The van der Waals surface area contributed by atoms with E-state index in [1.165, 1.54) is 36.4 Å². The van der Waals surface area contributed by atoms with Crippen molar-refractivity contribution in [3.05, 3.63) is 110 Å². The smallest absolute Gasteiger partial charge is 0.293 e. The van der Waals surface area contributed by atoms with Gasteiger partial charge in [-0.15, -0.1) is 0 Å². The molecular formula is C24H17FN2O5S. The molecule has 0 unspecified atom stereocenters. The summed E-state index contributed by atoms with van der Waals surface area (Å²) >= 11 is 0.847. The van der Waals surface area contributed by atoms with Crippen molar-refractivity contribution in [2.24, 2.45) is 0 Å². The van der Waals surface area contributed by atoms with E-state index in [9.17, 15) is 24.1 Å². The fourth-order valence-corrected chi connectivity index (χ4v) is 3.97. The maximum absolute atomic E-state index is 13.1. The Morgan fingerprint density at radius 2 is 1.70 bits per heavy atom. The van der Waals surface area contributed by atoms with Crippen molar-refractivity contribution in [3.63, 3.8) is 0 Å². The van der Waals surface area contributed by atoms with Crippen molar-refractivity contribution in [2.75, 3.05) is 0 Å². The molecule has 0 spiro atoms. The molecule has 3 aromatic rings. The number of amides is 2. The van der Waals surface area contributed by atoms with Crippen molar-refractivity contribution in [3.8, 4) is 5.75 Å². The number of nitro benzene ring substituents is 1. The predicted octanol–water partition coefficient (Wildman–Crippen LogP) is 5.55. The third-order valence-electron chi connectivity index (χ3n) is 4.84. The van der Waals surface area contributed by atoms with Crippen molar-refractivity contribution in [1.29, 1.82) is 0 Å². The zero-order valence-electron chi connectivity index (χ0n) is 17.1. The summed E-state index contributed by atoms with van der Waals surface area (Å²) in [5.41, 5.74) is 2.12. The second kappa shape index (κ2) is 9.66. The van der Waals surface area contributed by atoms with Gasteiger partial charge in [0.1, 0.15) is 18.2 Å². The van der Waals surface area contributed by atoms with Gasteiger partial charge in [-0.25, -0.2) is 4.39 Å². The standard InChI is InChI=1S/C24H17FN2O5S/c25-19-8-4-16(5-9-19)14-26-23(28)22(33-24(26)29)13-18-2-1-3-21(12-18)32-15-17-6-10-20(11-7-17)27(30)31/h1-13H,14-15H2/b22-13-. The molecule has 33 heavy (non-hydrogen) atoms. The number of benzene rings is 3. The Balaban J connectivity index is 1.43. The van der Waals surface area contributed by atoms with Gasteiger partial charge in [0.2, 0.25) is 0 Å². The zero-order valence-corrected chi connectivity index (χ0v) is 18.0. The fraction of sp³-hybridized carbons (Fsp3) is 0.0833. The van der Waals surface area contributed by atoms with E-state index in [2.05, 4.69) is 0 Å². The minimum atomic E-state index is -0.463. The number of carbonyl (C=O) groups is 2. The van der Waals surface area contributed by atoms with Crippen molar-refractivity contribution >= 4 is 34.7 Å². The highest BCUT2D eigenvalue weighted by molar-refractivity contribution is 8.18. The Kier molecular flexibility index (Phi) is 6.50. The van der Waals surface area contributed by atoms with Gasteiger partial charge in [-0.1, -0.05) is 24.3 Å². The Morgan fingerprint density at radius 1 is 1.00 bits per heavy atom. The minimum absolute atomic E-state index is 0.00845. The number of hydrogen-bond donors (Lipinski definition) is 0. The topological polar surface area (TPSA) is 89.7 Å². The van der Waals surface area contributed by atoms with Gasteiger partial charge in [0, 0.05) is 12.1 Å². The van der Waals surface area contributed by atoms with Crippen molar-refractivity contribution in [2.45, 2.75) is 13.2 Å². The SMILES string of the molecule is O=C1S/C(=C\c2cccc(OCc3ccc([N+](=O)[O-])cc3)c2)C(=O)N1Cc1ccc(F)cc1. The molecule has 0 aliphatic carbocycles. The molecule has 1 heterocycles. The van der Waals surface area contributed by atoms with E-state index in [1.54, 1.807) is 42.5 Å². The van der Waals surface area contributed by atoms with Crippen LogP contribution in [-0.4, -0.2) is 21.0 Å². The van der Waals surface area contributed by atoms with Crippen LogP contribution in [0.4, 0.5) is 14.9 Å². The summed E-state index contributed by atoms with van der Waals surface area (Å²) in [7, 11) is 0. The molecule has 4 rings (SSSR count). The van der Waals surface area contributed by atoms with Crippen LogP contribution < -0.4 is 4.74 Å².